The summed E-state index contributed by atoms with van der Waals surface area (Å²) in [5, 5.41) is 22.9. The first kappa shape index (κ1) is 14.7. The van der Waals surface area contributed by atoms with Crippen molar-refractivity contribution in [1.29, 1.82) is 0 Å². The van der Waals surface area contributed by atoms with Gasteiger partial charge in [-0.25, -0.2) is 4.79 Å². The predicted molar refractivity (Wildman–Crippen MR) is 76.7 cm³/mol. The molecule has 1 aliphatic carbocycles. The van der Waals surface area contributed by atoms with Crippen LogP contribution in [0.3, 0.4) is 0 Å². The Morgan fingerprint density at radius 1 is 1.35 bits per heavy atom. The van der Waals surface area contributed by atoms with Crippen molar-refractivity contribution in [3.63, 3.8) is 0 Å². The molecule has 1 aromatic rings. The Labute approximate surface area is 120 Å². The number of carboxylic acids is 1. The van der Waals surface area contributed by atoms with Crippen LogP contribution in [0.4, 0.5) is 0 Å². The Kier molecular flexibility index (Phi) is 4.92. The highest BCUT2D eigenvalue weighted by molar-refractivity contribution is 7.11. The van der Waals surface area contributed by atoms with Crippen molar-refractivity contribution in [1.82, 2.24) is 5.32 Å². The maximum Gasteiger partial charge on any atom is 0.328 e. The topological polar surface area (TPSA) is 86.6 Å². The summed E-state index contributed by atoms with van der Waals surface area (Å²) in [6.45, 7) is 0. The fourth-order valence-electron chi connectivity index (χ4n) is 2.24. The smallest absolute Gasteiger partial charge is 0.328 e. The highest BCUT2D eigenvalue weighted by Crippen LogP contribution is 2.20. The number of carboxylic acid groups (broad SMARTS) is 1. The van der Waals surface area contributed by atoms with Gasteiger partial charge in [0.15, 0.2) is 0 Å². The monoisotopic (exact) mass is 295 g/mol. The summed E-state index contributed by atoms with van der Waals surface area (Å²) in [7, 11) is 0. The van der Waals surface area contributed by atoms with Crippen LogP contribution in [0.25, 0.3) is 6.08 Å². The number of hydrogen-bond donors (Lipinski definition) is 3. The number of aliphatic hydroxyl groups is 1. The fraction of sp³-hybridized carbons (Fsp3) is 0.429. The number of aliphatic hydroxyl groups excluding tert-OH is 1. The largest absolute Gasteiger partial charge is 0.478 e. The zero-order valence-electron chi connectivity index (χ0n) is 10.9. The van der Waals surface area contributed by atoms with Gasteiger partial charge < -0.3 is 15.5 Å². The van der Waals surface area contributed by atoms with Crippen LogP contribution in [-0.2, 0) is 4.79 Å². The molecule has 3 N–H and O–H groups in total. The van der Waals surface area contributed by atoms with Crippen molar-refractivity contribution < 1.29 is 19.8 Å². The molecule has 0 saturated heterocycles. The van der Waals surface area contributed by atoms with Gasteiger partial charge in [-0.2, -0.15) is 0 Å². The zero-order chi connectivity index (χ0) is 14.5. The van der Waals surface area contributed by atoms with E-state index in [4.69, 9.17) is 5.11 Å². The third-order valence-electron chi connectivity index (χ3n) is 3.32. The van der Waals surface area contributed by atoms with Gasteiger partial charge in [0.1, 0.15) is 0 Å². The standard InChI is InChI=1S/C14H17NO4S/c16-12-4-2-1-3-11(12)15-14(19)9-7-10(20-8-9)5-6-13(17)18/h5-8,11-12,16H,1-4H2,(H,15,19)(H,17,18). The Balaban J connectivity index is 1.97. The van der Waals surface area contributed by atoms with E-state index in [0.717, 1.165) is 31.8 Å². The average molecular weight is 295 g/mol. The summed E-state index contributed by atoms with van der Waals surface area (Å²) in [6.07, 6.45) is 5.55. The van der Waals surface area contributed by atoms with Gasteiger partial charge in [-0.1, -0.05) is 12.8 Å². The molecule has 0 radical (unpaired) electrons. The van der Waals surface area contributed by atoms with Crippen LogP contribution in [0.15, 0.2) is 17.5 Å². The van der Waals surface area contributed by atoms with Gasteiger partial charge in [0.05, 0.1) is 17.7 Å². The number of carbonyl (C=O) groups excluding carboxylic acids is 1. The molecule has 108 valence electrons. The normalized spacial score (nSPS) is 22.9. The molecule has 1 heterocycles. The minimum Gasteiger partial charge on any atom is -0.478 e. The van der Waals surface area contributed by atoms with E-state index in [-0.39, 0.29) is 11.9 Å². The molecule has 2 atom stereocenters. The van der Waals surface area contributed by atoms with Gasteiger partial charge in [-0.15, -0.1) is 11.3 Å². The summed E-state index contributed by atoms with van der Waals surface area (Å²) in [5.74, 6) is -1.24. The number of carbonyl (C=O) groups is 2. The van der Waals surface area contributed by atoms with Crippen molar-refractivity contribution in [3.8, 4) is 0 Å². The summed E-state index contributed by atoms with van der Waals surface area (Å²) in [4.78, 5) is 23.2. The van der Waals surface area contributed by atoms with Gasteiger partial charge >= 0.3 is 5.97 Å². The minimum absolute atomic E-state index is 0.186. The van der Waals surface area contributed by atoms with Crippen molar-refractivity contribution in [2.24, 2.45) is 0 Å². The van der Waals surface area contributed by atoms with Gasteiger partial charge in [0.25, 0.3) is 5.91 Å². The van der Waals surface area contributed by atoms with E-state index >= 15 is 0 Å². The van der Waals surface area contributed by atoms with Crippen molar-refractivity contribution in [3.05, 3.63) is 28.0 Å². The summed E-state index contributed by atoms with van der Waals surface area (Å²) in [5.41, 5.74) is 0.498. The molecule has 1 amide bonds. The number of nitrogens with one attached hydrogen (secondary N) is 1. The third kappa shape index (κ3) is 3.91. The molecule has 2 unspecified atom stereocenters. The molecule has 0 spiro atoms. The minimum atomic E-state index is -1.02. The van der Waals surface area contributed by atoms with E-state index in [1.54, 1.807) is 11.4 Å². The number of aliphatic carboxylic acids is 1. The van der Waals surface area contributed by atoms with Crippen LogP contribution in [0.2, 0.25) is 0 Å². The van der Waals surface area contributed by atoms with Crippen LogP contribution in [0, 0.1) is 0 Å². The van der Waals surface area contributed by atoms with Gasteiger partial charge in [0.2, 0.25) is 0 Å². The molecular weight excluding hydrogens is 278 g/mol. The van der Waals surface area contributed by atoms with Crippen molar-refractivity contribution in [2.45, 2.75) is 37.8 Å². The second kappa shape index (κ2) is 6.67. The lowest BCUT2D eigenvalue weighted by atomic mass is 9.92. The predicted octanol–water partition coefficient (Wildman–Crippen LogP) is 1.88. The van der Waals surface area contributed by atoms with Crippen LogP contribution in [0.5, 0.6) is 0 Å². The molecule has 2 rings (SSSR count). The molecule has 20 heavy (non-hydrogen) atoms. The van der Waals surface area contributed by atoms with Crippen LogP contribution < -0.4 is 5.32 Å². The highest BCUT2D eigenvalue weighted by Gasteiger charge is 2.25. The first-order valence-electron chi connectivity index (χ1n) is 6.55. The molecule has 0 bridgehead atoms. The quantitative estimate of drug-likeness (QED) is 0.740. The van der Waals surface area contributed by atoms with Crippen LogP contribution in [0.1, 0.15) is 40.9 Å². The molecule has 0 aromatic carbocycles. The molecule has 6 heteroatoms. The van der Waals surface area contributed by atoms with E-state index in [1.165, 1.54) is 17.4 Å². The molecular formula is C14H17NO4S. The Morgan fingerprint density at radius 3 is 2.80 bits per heavy atom. The third-order valence-corrected chi connectivity index (χ3v) is 4.22. The maximum absolute atomic E-state index is 12.1. The lowest BCUT2D eigenvalue weighted by Crippen LogP contribution is -2.44. The van der Waals surface area contributed by atoms with E-state index in [2.05, 4.69) is 5.32 Å². The molecule has 5 nitrogen and oxygen atoms in total. The Hall–Kier alpha value is -1.66. The van der Waals surface area contributed by atoms with Crippen molar-refractivity contribution >= 4 is 29.3 Å². The summed E-state index contributed by atoms with van der Waals surface area (Å²) < 4.78 is 0. The maximum atomic E-state index is 12.1. The first-order valence-corrected chi connectivity index (χ1v) is 7.42. The molecule has 0 aliphatic heterocycles. The average Bonchev–Trinajstić information content (AvgIpc) is 2.88. The second-order valence-corrected chi connectivity index (χ2v) is 5.78. The highest BCUT2D eigenvalue weighted by atomic mass is 32.1. The Morgan fingerprint density at radius 2 is 2.10 bits per heavy atom. The molecule has 1 aliphatic rings. The van der Waals surface area contributed by atoms with Gasteiger partial charge in [0, 0.05) is 16.3 Å². The van der Waals surface area contributed by atoms with E-state index < -0.39 is 12.1 Å². The van der Waals surface area contributed by atoms with E-state index in [1.807, 2.05) is 0 Å². The SMILES string of the molecule is O=C(O)C=Cc1cc(C(=O)NC2CCCCC2O)cs1. The number of thiophene rings is 1. The molecule has 1 fully saturated rings. The number of hydrogen-bond acceptors (Lipinski definition) is 4. The van der Waals surface area contributed by atoms with Crippen molar-refractivity contribution in [2.75, 3.05) is 0 Å². The number of rotatable bonds is 4. The lowest BCUT2D eigenvalue weighted by molar-refractivity contribution is -0.131. The van der Waals surface area contributed by atoms with Gasteiger partial charge in [-0.3, -0.25) is 4.79 Å². The second-order valence-electron chi connectivity index (χ2n) is 4.84. The first-order chi connectivity index (χ1) is 9.56. The fourth-order valence-corrected chi connectivity index (χ4v) is 3.02. The van der Waals surface area contributed by atoms with Crippen LogP contribution >= 0.6 is 11.3 Å². The molecule has 1 aromatic heterocycles. The lowest BCUT2D eigenvalue weighted by Gasteiger charge is -2.28. The van der Waals surface area contributed by atoms with Gasteiger partial charge in [-0.05, 0) is 25.0 Å². The van der Waals surface area contributed by atoms with Crippen LogP contribution in [-0.4, -0.2) is 34.2 Å². The van der Waals surface area contributed by atoms with E-state index in [9.17, 15) is 14.7 Å². The zero-order valence-corrected chi connectivity index (χ0v) is 11.7. The Bertz CT molecular complexity index is 523. The summed E-state index contributed by atoms with van der Waals surface area (Å²) in [6, 6.07) is 1.46. The number of amides is 1. The summed E-state index contributed by atoms with van der Waals surface area (Å²) >= 11 is 1.31. The molecule has 1 saturated carbocycles. The van der Waals surface area contributed by atoms with E-state index in [0.29, 0.717) is 10.4 Å².